The van der Waals surface area contributed by atoms with E-state index in [-0.39, 0.29) is 31.6 Å². The summed E-state index contributed by atoms with van der Waals surface area (Å²) in [7, 11) is 0. The topological polar surface area (TPSA) is 78.9 Å². The average molecular weight is 1070 g/mol. The van der Waals surface area contributed by atoms with Gasteiger partial charge in [0.2, 0.25) is 0 Å². The number of rotatable bonds is 60. The second kappa shape index (κ2) is 65.1. The fraction of sp³-hybridized carbons (Fsp3) is 0.761. The maximum absolute atomic E-state index is 12.9. The molecule has 0 aromatic carbocycles. The molecule has 0 aliphatic heterocycles. The fourth-order valence-electron chi connectivity index (χ4n) is 9.45. The van der Waals surface area contributed by atoms with Crippen LogP contribution in [-0.4, -0.2) is 37.2 Å². The molecule has 6 heteroatoms. The number of unbranched alkanes of at least 4 members (excludes halogenated alkanes) is 36. The van der Waals surface area contributed by atoms with Crippen LogP contribution in [0.1, 0.15) is 329 Å². The van der Waals surface area contributed by atoms with Crippen LogP contribution in [0.3, 0.4) is 0 Å². The fourth-order valence-corrected chi connectivity index (χ4v) is 9.45. The van der Waals surface area contributed by atoms with Gasteiger partial charge in [0.05, 0.1) is 6.42 Å². The maximum atomic E-state index is 12.9. The highest BCUT2D eigenvalue weighted by Gasteiger charge is 2.19. The van der Waals surface area contributed by atoms with Crippen LogP contribution in [0.5, 0.6) is 0 Å². The smallest absolute Gasteiger partial charge is 0.309 e. The van der Waals surface area contributed by atoms with Crippen molar-refractivity contribution in [2.45, 2.75) is 335 Å². The summed E-state index contributed by atoms with van der Waals surface area (Å²) in [6.45, 7) is 6.47. The Bertz CT molecular complexity index is 1470. The summed E-state index contributed by atoms with van der Waals surface area (Å²) in [6.07, 6.45) is 86.3. The largest absolute Gasteiger partial charge is 0.462 e. The third kappa shape index (κ3) is 63.3. The summed E-state index contributed by atoms with van der Waals surface area (Å²) >= 11 is 0. The van der Waals surface area contributed by atoms with Crippen LogP contribution in [0.2, 0.25) is 0 Å². The first kappa shape index (κ1) is 73.6. The molecular weight excluding hydrogens is 949 g/mol. The van der Waals surface area contributed by atoms with E-state index in [4.69, 9.17) is 14.2 Å². The lowest BCUT2D eigenvalue weighted by molar-refractivity contribution is -0.166. The van der Waals surface area contributed by atoms with Crippen LogP contribution in [0.25, 0.3) is 0 Å². The summed E-state index contributed by atoms with van der Waals surface area (Å²) in [5.74, 6) is -1.03. The zero-order valence-electron chi connectivity index (χ0n) is 51.0. The van der Waals surface area contributed by atoms with Gasteiger partial charge in [0.15, 0.2) is 6.10 Å². The molecule has 0 radical (unpaired) electrons. The van der Waals surface area contributed by atoms with E-state index in [2.05, 4.69) is 93.7 Å². The van der Waals surface area contributed by atoms with Crippen molar-refractivity contribution in [3.63, 3.8) is 0 Å². The van der Waals surface area contributed by atoms with E-state index in [1.54, 1.807) is 6.08 Å². The van der Waals surface area contributed by atoms with E-state index >= 15 is 0 Å². The van der Waals surface area contributed by atoms with Gasteiger partial charge in [-0.05, 0) is 96.3 Å². The van der Waals surface area contributed by atoms with Crippen molar-refractivity contribution in [1.82, 2.24) is 0 Å². The van der Waals surface area contributed by atoms with Crippen LogP contribution >= 0.6 is 0 Å². The molecule has 0 amide bonds. The van der Waals surface area contributed by atoms with Crippen molar-refractivity contribution in [2.75, 3.05) is 13.2 Å². The maximum Gasteiger partial charge on any atom is 0.309 e. The third-order valence-electron chi connectivity index (χ3n) is 14.4. The van der Waals surface area contributed by atoms with Gasteiger partial charge in [-0.2, -0.15) is 0 Å². The Hall–Kier alpha value is -3.41. The lowest BCUT2D eigenvalue weighted by Gasteiger charge is -2.18. The number of carbonyl (C=O) groups excluding carboxylic acids is 3. The van der Waals surface area contributed by atoms with Gasteiger partial charge in [-0.15, -0.1) is 0 Å². The number of esters is 3. The van der Waals surface area contributed by atoms with Gasteiger partial charge in [-0.1, -0.05) is 298 Å². The Kier molecular flexibility index (Phi) is 62.2. The van der Waals surface area contributed by atoms with Crippen LogP contribution < -0.4 is 0 Å². The quantitative estimate of drug-likeness (QED) is 0.0261. The first-order valence-electron chi connectivity index (χ1n) is 33.1. The van der Waals surface area contributed by atoms with E-state index < -0.39 is 12.1 Å². The molecule has 0 heterocycles. The van der Waals surface area contributed by atoms with E-state index in [9.17, 15) is 14.4 Å². The Labute approximate surface area is 477 Å². The molecule has 0 aliphatic rings. The van der Waals surface area contributed by atoms with Crippen molar-refractivity contribution in [2.24, 2.45) is 0 Å². The SMILES string of the molecule is CC/C=C\C/C=C\C/C=C\C/C=C\C/C=C\CC(=O)OCC(COC(=O)CCCCCCCCCCCCCCCCC/C=C\CCCCCCCCCC)OC(=O)CCCCCCCCC/C=C\CCCCCCCC. The molecule has 0 aromatic heterocycles. The van der Waals surface area contributed by atoms with Gasteiger partial charge in [-0.3, -0.25) is 14.4 Å². The van der Waals surface area contributed by atoms with Crippen molar-refractivity contribution in [3.8, 4) is 0 Å². The monoisotopic (exact) mass is 1070 g/mol. The van der Waals surface area contributed by atoms with E-state index in [0.717, 1.165) is 70.6 Å². The molecule has 77 heavy (non-hydrogen) atoms. The van der Waals surface area contributed by atoms with Crippen molar-refractivity contribution >= 4 is 17.9 Å². The number of ether oxygens (including phenoxy) is 3. The van der Waals surface area contributed by atoms with E-state index in [0.29, 0.717) is 12.8 Å². The molecule has 0 aliphatic carbocycles. The van der Waals surface area contributed by atoms with Crippen LogP contribution in [0.4, 0.5) is 0 Å². The van der Waals surface area contributed by atoms with Crippen molar-refractivity contribution in [3.05, 3.63) is 85.1 Å². The number of carbonyl (C=O) groups is 3. The first-order chi connectivity index (χ1) is 38.0. The minimum absolute atomic E-state index is 0.106. The van der Waals surface area contributed by atoms with Gasteiger partial charge in [0.1, 0.15) is 13.2 Å². The summed E-state index contributed by atoms with van der Waals surface area (Å²) < 4.78 is 16.8. The molecule has 0 aromatic rings. The molecule has 0 N–H and O–H groups in total. The second-order valence-electron chi connectivity index (χ2n) is 22.0. The second-order valence-corrected chi connectivity index (χ2v) is 22.0. The average Bonchev–Trinajstić information content (AvgIpc) is 3.43. The van der Waals surface area contributed by atoms with Gasteiger partial charge >= 0.3 is 17.9 Å². The van der Waals surface area contributed by atoms with Crippen molar-refractivity contribution in [1.29, 1.82) is 0 Å². The molecule has 1 atom stereocenters. The zero-order valence-corrected chi connectivity index (χ0v) is 51.0. The van der Waals surface area contributed by atoms with Crippen molar-refractivity contribution < 1.29 is 28.6 Å². The molecule has 6 nitrogen and oxygen atoms in total. The molecule has 0 spiro atoms. The van der Waals surface area contributed by atoms with E-state index in [1.165, 1.54) is 218 Å². The lowest BCUT2D eigenvalue weighted by atomic mass is 10.0. The van der Waals surface area contributed by atoms with Gasteiger partial charge in [0, 0.05) is 12.8 Å². The first-order valence-corrected chi connectivity index (χ1v) is 33.1. The summed E-state index contributed by atoms with van der Waals surface area (Å²) in [5.41, 5.74) is 0. The minimum Gasteiger partial charge on any atom is -0.462 e. The molecular formula is C71H124O6. The summed E-state index contributed by atoms with van der Waals surface area (Å²) in [4.78, 5) is 38.3. The molecule has 0 bridgehead atoms. The minimum atomic E-state index is -0.819. The molecule has 0 rings (SSSR count). The predicted octanol–water partition coefficient (Wildman–Crippen LogP) is 22.7. The van der Waals surface area contributed by atoms with Gasteiger partial charge in [-0.25, -0.2) is 0 Å². The highest BCUT2D eigenvalue weighted by Crippen LogP contribution is 2.17. The van der Waals surface area contributed by atoms with Crippen LogP contribution in [0, 0.1) is 0 Å². The zero-order chi connectivity index (χ0) is 55.7. The Morgan fingerprint density at radius 1 is 0.286 bits per heavy atom. The Morgan fingerprint density at radius 3 is 0.896 bits per heavy atom. The van der Waals surface area contributed by atoms with Crippen LogP contribution in [0.15, 0.2) is 85.1 Å². The Balaban J connectivity index is 4.33. The van der Waals surface area contributed by atoms with E-state index in [1.807, 2.05) is 6.08 Å². The van der Waals surface area contributed by atoms with Crippen LogP contribution in [-0.2, 0) is 28.6 Å². The molecule has 0 saturated carbocycles. The third-order valence-corrected chi connectivity index (χ3v) is 14.4. The lowest BCUT2D eigenvalue weighted by Crippen LogP contribution is -2.30. The standard InChI is InChI=1S/C71H124O6/c1-4-7-10-13-16-19-22-25-28-30-31-32-33-34-35-36-37-38-39-41-43-46-49-52-55-58-61-64-70(73)76-67-68(66-75-69(72)63-60-57-54-51-48-45-42-27-24-21-18-15-12-9-6-3)77-71(74)65-62-59-56-53-50-47-44-40-29-26-23-20-17-14-11-8-5-2/h9,12,18,21,26-27,29-31,42,48,51,57,60,68H,4-8,10-11,13-17,19-20,22-25,28,32-41,43-47,49-50,52-56,58-59,61-67H2,1-3H3/b12-9-,21-18-,29-26-,31-30-,42-27-,51-48-,60-57-. The Morgan fingerprint density at radius 2 is 0.558 bits per heavy atom. The summed E-state index contributed by atoms with van der Waals surface area (Å²) in [6, 6.07) is 0. The van der Waals surface area contributed by atoms with Gasteiger partial charge in [0.25, 0.3) is 0 Å². The number of allylic oxidation sites excluding steroid dienone is 13. The summed E-state index contributed by atoms with van der Waals surface area (Å²) in [5, 5.41) is 0. The highest BCUT2D eigenvalue weighted by atomic mass is 16.6. The number of hydrogen-bond donors (Lipinski definition) is 0. The molecule has 1 unspecified atom stereocenters. The predicted molar refractivity (Wildman–Crippen MR) is 334 cm³/mol. The molecule has 0 fully saturated rings. The molecule has 444 valence electrons. The highest BCUT2D eigenvalue weighted by molar-refractivity contribution is 5.72. The van der Waals surface area contributed by atoms with Gasteiger partial charge < -0.3 is 14.2 Å². The number of hydrogen-bond acceptors (Lipinski definition) is 6. The normalized spacial score (nSPS) is 12.6. The molecule has 0 saturated heterocycles.